The summed E-state index contributed by atoms with van der Waals surface area (Å²) in [5.74, 6) is 0.864. The molecule has 4 aromatic carbocycles. The molecule has 4 aromatic rings. The number of nitrogens with zero attached hydrogens (tertiary/aromatic N) is 4. The minimum atomic E-state index is 0.0414. The lowest BCUT2D eigenvalue weighted by Gasteiger charge is -2.40. The number of anilines is 3. The van der Waals surface area contributed by atoms with Gasteiger partial charge in [-0.1, -0.05) is 78.9 Å². The zero-order valence-corrected chi connectivity index (χ0v) is 17.8. The molecule has 1 aliphatic rings. The van der Waals surface area contributed by atoms with Crippen LogP contribution in [-0.4, -0.2) is 5.84 Å². The van der Waals surface area contributed by atoms with Gasteiger partial charge in [0, 0.05) is 5.56 Å². The molecule has 0 bridgehead atoms. The molecule has 0 amide bonds. The first-order valence-corrected chi connectivity index (χ1v) is 10.6. The average Bonchev–Trinajstić information content (AvgIpc) is 2.88. The van der Waals surface area contributed by atoms with E-state index in [2.05, 4.69) is 54.3 Å². The number of para-hydroxylation sites is 1. The van der Waals surface area contributed by atoms with E-state index in [4.69, 9.17) is 5.10 Å². The Hall–Kier alpha value is -4.36. The van der Waals surface area contributed by atoms with Crippen LogP contribution in [0.1, 0.15) is 29.7 Å². The van der Waals surface area contributed by atoms with Crippen LogP contribution < -0.4 is 9.91 Å². The van der Waals surface area contributed by atoms with E-state index in [1.807, 2.05) is 77.8 Å². The highest BCUT2D eigenvalue weighted by atomic mass is 15.5. The fourth-order valence-electron chi connectivity index (χ4n) is 4.10. The third-order valence-corrected chi connectivity index (χ3v) is 5.72. The van der Waals surface area contributed by atoms with Crippen LogP contribution in [0.15, 0.2) is 114 Å². The molecule has 1 heterocycles. The van der Waals surface area contributed by atoms with Gasteiger partial charge in [0.05, 0.1) is 34.7 Å². The number of hydrazone groups is 1. The predicted molar refractivity (Wildman–Crippen MR) is 130 cm³/mol. The molecular weight excluding hydrogens is 392 g/mol. The molecule has 0 N–H and O–H groups in total. The second kappa shape index (κ2) is 8.41. The zero-order chi connectivity index (χ0) is 21.9. The van der Waals surface area contributed by atoms with Crippen molar-refractivity contribution < 1.29 is 0 Å². The standard InChI is InChI=1S/C28H22N4/c1-21(23-11-5-2-6-12-23)31-26-18-17-22(20-29)19-27(26)32(25-15-9-4-10-16-25)30-28(31)24-13-7-3-8-14-24/h2-19,21H,1H3. The minimum Gasteiger partial charge on any atom is -0.315 e. The second-order valence-electron chi connectivity index (χ2n) is 7.71. The van der Waals surface area contributed by atoms with Crippen molar-refractivity contribution in [3.8, 4) is 6.07 Å². The fraction of sp³-hybridized carbons (Fsp3) is 0.0714. The van der Waals surface area contributed by atoms with Gasteiger partial charge in [-0.2, -0.15) is 5.26 Å². The molecular formula is C28H22N4. The Kier molecular flexibility index (Phi) is 5.15. The van der Waals surface area contributed by atoms with Gasteiger partial charge < -0.3 is 4.90 Å². The summed E-state index contributed by atoms with van der Waals surface area (Å²) in [5, 5.41) is 16.6. The molecule has 0 fully saturated rings. The predicted octanol–water partition coefficient (Wildman–Crippen LogP) is 6.64. The summed E-state index contributed by atoms with van der Waals surface area (Å²) in [6, 6.07) is 38.9. The quantitative estimate of drug-likeness (QED) is 0.376. The SMILES string of the molecule is CC(c1ccccc1)N1C(c2ccccc2)=NN(c2ccccc2)c2cc(C#N)ccc21. The van der Waals surface area contributed by atoms with Crippen LogP contribution in [0, 0.1) is 11.3 Å². The maximum atomic E-state index is 9.56. The lowest BCUT2D eigenvalue weighted by atomic mass is 10.0. The third kappa shape index (κ3) is 3.51. The van der Waals surface area contributed by atoms with Crippen molar-refractivity contribution in [1.82, 2.24) is 0 Å². The summed E-state index contributed by atoms with van der Waals surface area (Å²) >= 11 is 0. The van der Waals surface area contributed by atoms with Crippen LogP contribution >= 0.6 is 0 Å². The van der Waals surface area contributed by atoms with E-state index in [1.165, 1.54) is 5.56 Å². The van der Waals surface area contributed by atoms with Gasteiger partial charge in [0.25, 0.3) is 0 Å². The van der Waals surface area contributed by atoms with Crippen molar-refractivity contribution in [2.75, 3.05) is 9.91 Å². The van der Waals surface area contributed by atoms with Crippen molar-refractivity contribution in [3.63, 3.8) is 0 Å². The highest BCUT2D eigenvalue weighted by Crippen LogP contribution is 2.43. The van der Waals surface area contributed by atoms with E-state index in [0.29, 0.717) is 5.56 Å². The Balaban J connectivity index is 1.76. The van der Waals surface area contributed by atoms with Crippen molar-refractivity contribution >= 4 is 22.9 Å². The first-order valence-electron chi connectivity index (χ1n) is 10.6. The molecule has 154 valence electrons. The summed E-state index contributed by atoms with van der Waals surface area (Å²) in [4.78, 5) is 2.26. The molecule has 0 radical (unpaired) electrons. The molecule has 0 aromatic heterocycles. The first kappa shape index (κ1) is 19.6. The molecule has 0 saturated carbocycles. The molecule has 0 saturated heterocycles. The van der Waals surface area contributed by atoms with E-state index in [9.17, 15) is 5.26 Å². The normalized spacial score (nSPS) is 13.7. The van der Waals surface area contributed by atoms with Gasteiger partial charge in [-0.05, 0) is 42.8 Å². The number of rotatable bonds is 4. The Bertz CT molecular complexity index is 1290. The van der Waals surface area contributed by atoms with Crippen LogP contribution in [0.4, 0.5) is 17.1 Å². The maximum absolute atomic E-state index is 9.56. The Labute approximate surface area is 188 Å². The summed E-state index contributed by atoms with van der Waals surface area (Å²) in [6.45, 7) is 2.19. The number of hydrogen-bond acceptors (Lipinski definition) is 4. The smallest absolute Gasteiger partial charge is 0.161 e. The van der Waals surface area contributed by atoms with Gasteiger partial charge in [0.2, 0.25) is 0 Å². The number of fused-ring (bicyclic) bond motifs is 1. The van der Waals surface area contributed by atoms with Crippen LogP contribution in [-0.2, 0) is 0 Å². The fourth-order valence-corrected chi connectivity index (χ4v) is 4.10. The summed E-state index contributed by atoms with van der Waals surface area (Å²) < 4.78 is 0. The Morgan fingerprint density at radius 3 is 2.03 bits per heavy atom. The van der Waals surface area contributed by atoms with Crippen molar-refractivity contribution in [2.24, 2.45) is 5.10 Å². The lowest BCUT2D eigenvalue weighted by Crippen LogP contribution is -2.40. The molecule has 0 aliphatic carbocycles. The van der Waals surface area contributed by atoms with Crippen LogP contribution in [0.25, 0.3) is 0 Å². The third-order valence-electron chi connectivity index (χ3n) is 5.72. The van der Waals surface area contributed by atoms with E-state index >= 15 is 0 Å². The molecule has 32 heavy (non-hydrogen) atoms. The Morgan fingerprint density at radius 2 is 1.38 bits per heavy atom. The zero-order valence-electron chi connectivity index (χ0n) is 17.8. The molecule has 4 nitrogen and oxygen atoms in total. The molecule has 0 spiro atoms. The largest absolute Gasteiger partial charge is 0.315 e. The molecule has 5 rings (SSSR count). The highest BCUT2D eigenvalue weighted by Gasteiger charge is 2.32. The van der Waals surface area contributed by atoms with Crippen LogP contribution in [0.2, 0.25) is 0 Å². The molecule has 1 aliphatic heterocycles. The average molecular weight is 415 g/mol. The van der Waals surface area contributed by atoms with Gasteiger partial charge in [-0.15, -0.1) is 5.10 Å². The van der Waals surface area contributed by atoms with Crippen LogP contribution in [0.3, 0.4) is 0 Å². The van der Waals surface area contributed by atoms with Gasteiger partial charge >= 0.3 is 0 Å². The minimum absolute atomic E-state index is 0.0414. The van der Waals surface area contributed by atoms with Crippen molar-refractivity contribution in [3.05, 3.63) is 126 Å². The van der Waals surface area contributed by atoms with E-state index in [1.54, 1.807) is 0 Å². The van der Waals surface area contributed by atoms with Crippen molar-refractivity contribution in [2.45, 2.75) is 13.0 Å². The second-order valence-corrected chi connectivity index (χ2v) is 7.71. The lowest BCUT2D eigenvalue weighted by molar-refractivity contribution is 0.777. The Morgan fingerprint density at radius 1 is 0.750 bits per heavy atom. The number of amidine groups is 1. The summed E-state index contributed by atoms with van der Waals surface area (Å²) in [7, 11) is 0. The summed E-state index contributed by atoms with van der Waals surface area (Å²) in [5.41, 5.74) is 5.68. The molecule has 1 atom stereocenters. The number of benzene rings is 4. The van der Waals surface area contributed by atoms with Crippen molar-refractivity contribution in [1.29, 1.82) is 5.26 Å². The highest BCUT2D eigenvalue weighted by molar-refractivity contribution is 6.14. The monoisotopic (exact) mass is 414 g/mol. The van der Waals surface area contributed by atoms with Gasteiger partial charge in [-0.3, -0.25) is 0 Å². The van der Waals surface area contributed by atoms with E-state index in [0.717, 1.165) is 28.5 Å². The maximum Gasteiger partial charge on any atom is 0.161 e. The van der Waals surface area contributed by atoms with Gasteiger partial charge in [0.1, 0.15) is 0 Å². The van der Waals surface area contributed by atoms with E-state index < -0.39 is 0 Å². The van der Waals surface area contributed by atoms with E-state index in [-0.39, 0.29) is 6.04 Å². The number of hydrogen-bond donors (Lipinski definition) is 0. The first-order chi connectivity index (χ1) is 15.8. The molecule has 4 heteroatoms. The van der Waals surface area contributed by atoms with Gasteiger partial charge in [0.15, 0.2) is 5.84 Å². The van der Waals surface area contributed by atoms with Crippen LogP contribution in [0.5, 0.6) is 0 Å². The molecule has 1 unspecified atom stereocenters. The number of nitriles is 1. The summed E-state index contributed by atoms with van der Waals surface area (Å²) in [6.07, 6.45) is 0. The van der Waals surface area contributed by atoms with Gasteiger partial charge in [-0.25, -0.2) is 5.01 Å². The topological polar surface area (TPSA) is 42.6 Å².